The molecule has 1 amide bonds. The summed E-state index contributed by atoms with van der Waals surface area (Å²) >= 11 is 0. The SMILES string of the molecule is O=C(Nc1ccc(S(=O)(=O)O)cc1)C(c1ccccc1)c1ccccc1. The first kappa shape index (κ1) is 17.8. The molecule has 3 aromatic rings. The third kappa shape index (κ3) is 4.17. The Morgan fingerprint density at radius 2 is 1.23 bits per heavy atom. The van der Waals surface area contributed by atoms with E-state index in [2.05, 4.69) is 5.32 Å². The van der Waals surface area contributed by atoms with Gasteiger partial charge in [-0.2, -0.15) is 8.42 Å². The van der Waals surface area contributed by atoms with Gasteiger partial charge >= 0.3 is 0 Å². The first-order chi connectivity index (χ1) is 12.4. The zero-order valence-corrected chi connectivity index (χ0v) is 14.6. The van der Waals surface area contributed by atoms with Gasteiger partial charge in [-0.05, 0) is 35.4 Å². The summed E-state index contributed by atoms with van der Waals surface area (Å²) in [5.74, 6) is -0.736. The Morgan fingerprint density at radius 1 is 0.769 bits per heavy atom. The Balaban J connectivity index is 1.89. The second kappa shape index (κ2) is 7.51. The number of hydrogen-bond acceptors (Lipinski definition) is 3. The summed E-state index contributed by atoms with van der Waals surface area (Å²) < 4.78 is 31.3. The topological polar surface area (TPSA) is 83.5 Å². The highest BCUT2D eigenvalue weighted by Gasteiger charge is 2.22. The fraction of sp³-hybridized carbons (Fsp3) is 0.0500. The third-order valence-electron chi connectivity index (χ3n) is 3.95. The molecule has 0 atom stereocenters. The van der Waals surface area contributed by atoms with Gasteiger partial charge in [-0.1, -0.05) is 60.7 Å². The molecule has 0 aliphatic heterocycles. The van der Waals surface area contributed by atoms with E-state index >= 15 is 0 Å². The van der Waals surface area contributed by atoms with E-state index in [1.807, 2.05) is 60.7 Å². The van der Waals surface area contributed by atoms with Crippen molar-refractivity contribution in [2.75, 3.05) is 5.32 Å². The van der Waals surface area contributed by atoms with Crippen LogP contribution >= 0.6 is 0 Å². The van der Waals surface area contributed by atoms with Crippen LogP contribution in [-0.4, -0.2) is 18.9 Å². The van der Waals surface area contributed by atoms with Crippen LogP contribution in [0.25, 0.3) is 0 Å². The average molecular weight is 367 g/mol. The second-order valence-corrected chi connectivity index (χ2v) is 7.16. The minimum absolute atomic E-state index is 0.224. The van der Waals surface area contributed by atoms with Crippen molar-refractivity contribution < 1.29 is 17.8 Å². The van der Waals surface area contributed by atoms with Crippen LogP contribution in [0.4, 0.5) is 5.69 Å². The number of nitrogens with one attached hydrogen (secondary N) is 1. The highest BCUT2D eigenvalue weighted by molar-refractivity contribution is 7.85. The van der Waals surface area contributed by atoms with Gasteiger partial charge in [-0.25, -0.2) is 0 Å². The van der Waals surface area contributed by atoms with Gasteiger partial charge in [0.25, 0.3) is 10.1 Å². The zero-order chi connectivity index (χ0) is 18.6. The monoisotopic (exact) mass is 367 g/mol. The van der Waals surface area contributed by atoms with Gasteiger partial charge < -0.3 is 5.32 Å². The highest BCUT2D eigenvalue weighted by Crippen LogP contribution is 2.26. The van der Waals surface area contributed by atoms with Crippen LogP contribution in [0.1, 0.15) is 17.0 Å². The maximum atomic E-state index is 12.9. The van der Waals surface area contributed by atoms with E-state index in [1.165, 1.54) is 24.3 Å². The number of amides is 1. The van der Waals surface area contributed by atoms with Crippen molar-refractivity contribution in [2.45, 2.75) is 10.8 Å². The van der Waals surface area contributed by atoms with Crippen LogP contribution in [-0.2, 0) is 14.9 Å². The van der Waals surface area contributed by atoms with E-state index in [9.17, 15) is 13.2 Å². The quantitative estimate of drug-likeness (QED) is 0.674. The molecule has 0 unspecified atom stereocenters. The standard InChI is InChI=1S/C20H17NO4S/c22-20(21-17-11-13-18(14-12-17)26(23,24)25)19(15-7-3-1-4-8-15)16-9-5-2-6-10-16/h1-14,19H,(H,21,22)(H,23,24,25). The molecular formula is C20H17NO4S. The van der Waals surface area contributed by atoms with E-state index in [1.54, 1.807) is 0 Å². The smallest absolute Gasteiger partial charge is 0.294 e. The fourth-order valence-electron chi connectivity index (χ4n) is 2.71. The third-order valence-corrected chi connectivity index (χ3v) is 4.82. The summed E-state index contributed by atoms with van der Waals surface area (Å²) in [6.07, 6.45) is 0. The maximum Gasteiger partial charge on any atom is 0.294 e. The molecule has 0 saturated heterocycles. The van der Waals surface area contributed by atoms with Gasteiger partial charge in [0, 0.05) is 5.69 Å². The molecule has 132 valence electrons. The van der Waals surface area contributed by atoms with Gasteiger partial charge in [0.2, 0.25) is 5.91 Å². The second-order valence-electron chi connectivity index (χ2n) is 5.74. The molecule has 0 aliphatic carbocycles. The summed E-state index contributed by atoms with van der Waals surface area (Å²) in [6, 6.07) is 24.2. The minimum atomic E-state index is -4.26. The van der Waals surface area contributed by atoms with Crippen LogP contribution in [0.2, 0.25) is 0 Å². The van der Waals surface area contributed by atoms with Crippen molar-refractivity contribution in [3.63, 3.8) is 0 Å². The van der Waals surface area contributed by atoms with E-state index in [4.69, 9.17) is 4.55 Å². The summed E-state index contributed by atoms with van der Waals surface area (Å²) in [6.45, 7) is 0. The average Bonchev–Trinajstić information content (AvgIpc) is 2.63. The number of benzene rings is 3. The van der Waals surface area contributed by atoms with Crippen LogP contribution in [0, 0.1) is 0 Å². The van der Waals surface area contributed by atoms with Crippen molar-refractivity contribution in [3.8, 4) is 0 Å². The number of carbonyl (C=O) groups is 1. The number of anilines is 1. The molecule has 0 aromatic heterocycles. The lowest BCUT2D eigenvalue weighted by Gasteiger charge is -2.18. The molecule has 6 heteroatoms. The van der Waals surface area contributed by atoms with Gasteiger partial charge in [0.1, 0.15) is 0 Å². The summed E-state index contributed by atoms with van der Waals surface area (Å²) in [4.78, 5) is 12.7. The Kier molecular flexibility index (Phi) is 5.16. The Bertz CT molecular complexity index is 946. The molecule has 0 radical (unpaired) electrons. The number of carbonyl (C=O) groups excluding carboxylic acids is 1. The first-order valence-corrected chi connectivity index (χ1v) is 9.37. The fourth-order valence-corrected chi connectivity index (χ4v) is 3.19. The lowest BCUT2D eigenvalue weighted by Crippen LogP contribution is -2.22. The lowest BCUT2D eigenvalue weighted by atomic mass is 9.90. The molecule has 0 aliphatic rings. The minimum Gasteiger partial charge on any atom is -0.325 e. The van der Waals surface area contributed by atoms with Crippen LogP contribution in [0.3, 0.4) is 0 Å². The molecule has 0 spiro atoms. The first-order valence-electron chi connectivity index (χ1n) is 7.93. The molecule has 2 N–H and O–H groups in total. The molecule has 3 rings (SSSR count). The van der Waals surface area contributed by atoms with Gasteiger partial charge in [0.05, 0.1) is 10.8 Å². The van der Waals surface area contributed by atoms with Crippen molar-refractivity contribution in [1.82, 2.24) is 0 Å². The van der Waals surface area contributed by atoms with E-state index in [0.717, 1.165) is 11.1 Å². The normalized spacial score (nSPS) is 11.3. The molecule has 5 nitrogen and oxygen atoms in total. The Morgan fingerprint density at radius 3 is 1.65 bits per heavy atom. The van der Waals surface area contributed by atoms with E-state index < -0.39 is 16.0 Å². The maximum absolute atomic E-state index is 12.9. The molecule has 26 heavy (non-hydrogen) atoms. The molecule has 0 bridgehead atoms. The molecule has 0 heterocycles. The van der Waals surface area contributed by atoms with Crippen molar-refractivity contribution >= 4 is 21.7 Å². The van der Waals surface area contributed by atoms with Crippen molar-refractivity contribution in [2.24, 2.45) is 0 Å². The van der Waals surface area contributed by atoms with E-state index in [-0.39, 0.29) is 10.8 Å². The van der Waals surface area contributed by atoms with Gasteiger partial charge in [-0.3, -0.25) is 9.35 Å². The largest absolute Gasteiger partial charge is 0.325 e. The number of hydrogen-bond donors (Lipinski definition) is 2. The molecular weight excluding hydrogens is 350 g/mol. The highest BCUT2D eigenvalue weighted by atomic mass is 32.2. The summed E-state index contributed by atoms with van der Waals surface area (Å²) in [7, 11) is -4.26. The lowest BCUT2D eigenvalue weighted by molar-refractivity contribution is -0.116. The predicted octanol–water partition coefficient (Wildman–Crippen LogP) is 3.70. The van der Waals surface area contributed by atoms with Crippen molar-refractivity contribution in [3.05, 3.63) is 96.1 Å². The molecule has 0 fully saturated rings. The summed E-state index contributed by atoms with van der Waals surface area (Å²) in [5.41, 5.74) is 2.15. The number of rotatable bonds is 5. The zero-order valence-electron chi connectivity index (χ0n) is 13.7. The van der Waals surface area contributed by atoms with Gasteiger partial charge in [-0.15, -0.1) is 0 Å². The Hall–Kier alpha value is -2.96. The van der Waals surface area contributed by atoms with Crippen LogP contribution in [0.5, 0.6) is 0 Å². The van der Waals surface area contributed by atoms with Crippen molar-refractivity contribution in [1.29, 1.82) is 0 Å². The summed E-state index contributed by atoms with van der Waals surface area (Å²) in [5, 5.41) is 2.80. The Labute approximate surface area is 152 Å². The predicted molar refractivity (Wildman–Crippen MR) is 99.6 cm³/mol. The van der Waals surface area contributed by atoms with E-state index in [0.29, 0.717) is 5.69 Å². The van der Waals surface area contributed by atoms with Crippen LogP contribution < -0.4 is 5.32 Å². The van der Waals surface area contributed by atoms with Gasteiger partial charge in [0.15, 0.2) is 0 Å². The van der Waals surface area contributed by atoms with Crippen LogP contribution in [0.15, 0.2) is 89.8 Å². The molecule has 0 saturated carbocycles. The molecule has 3 aromatic carbocycles.